The topological polar surface area (TPSA) is 116 Å². The van der Waals surface area contributed by atoms with E-state index < -0.39 is 5.54 Å². The lowest BCUT2D eigenvalue weighted by molar-refractivity contribution is -0.120. The minimum atomic E-state index is -0.782. The molecule has 1 aliphatic rings. The van der Waals surface area contributed by atoms with Crippen LogP contribution in [0.3, 0.4) is 0 Å². The van der Waals surface area contributed by atoms with Crippen molar-refractivity contribution in [2.24, 2.45) is 0 Å². The summed E-state index contributed by atoms with van der Waals surface area (Å²) in [6.45, 7) is 9.00. The Balaban J connectivity index is 1.48. The molecular weight excluding hydrogens is 438 g/mol. The molecule has 0 bridgehead atoms. The van der Waals surface area contributed by atoms with Gasteiger partial charge in [0.2, 0.25) is 5.95 Å². The number of thiazole rings is 1. The number of hydrogen-bond donors (Lipinski definition) is 3. The van der Waals surface area contributed by atoms with Gasteiger partial charge in [0.25, 0.3) is 5.91 Å². The number of aromatic amines is 1. The van der Waals surface area contributed by atoms with E-state index >= 15 is 0 Å². The van der Waals surface area contributed by atoms with Crippen molar-refractivity contribution < 1.29 is 4.79 Å². The quantitative estimate of drug-likeness (QED) is 0.409. The minimum absolute atomic E-state index is 0.0454. The SMILES string of the molecule is CC(C)(C)c1cc(Nc2nc(N3CCC[C@@]3(C)C(=O)Nc3nccs3)nn3cccc23)n[nH]1. The summed E-state index contributed by atoms with van der Waals surface area (Å²) in [4.78, 5) is 24.2. The van der Waals surface area contributed by atoms with Crippen molar-refractivity contribution in [3.05, 3.63) is 41.7 Å². The second-order valence-electron chi connectivity index (χ2n) is 9.46. The Hall–Kier alpha value is -3.47. The smallest absolute Gasteiger partial charge is 0.251 e. The second kappa shape index (κ2) is 7.84. The lowest BCUT2D eigenvalue weighted by atomic mass is 9.92. The molecule has 11 heteroatoms. The highest BCUT2D eigenvalue weighted by Crippen LogP contribution is 2.35. The highest BCUT2D eigenvalue weighted by molar-refractivity contribution is 7.13. The van der Waals surface area contributed by atoms with E-state index in [1.54, 1.807) is 10.7 Å². The maximum atomic E-state index is 13.2. The molecule has 10 nitrogen and oxygen atoms in total. The van der Waals surface area contributed by atoms with E-state index in [0.717, 1.165) is 17.6 Å². The average Bonchev–Trinajstić information content (AvgIpc) is 3.54. The summed E-state index contributed by atoms with van der Waals surface area (Å²) < 4.78 is 1.78. The molecule has 0 radical (unpaired) electrons. The molecule has 1 aliphatic heterocycles. The van der Waals surface area contributed by atoms with Gasteiger partial charge >= 0.3 is 0 Å². The van der Waals surface area contributed by atoms with Gasteiger partial charge in [0, 0.05) is 41.5 Å². The Kier molecular flexibility index (Phi) is 5.08. The first-order chi connectivity index (χ1) is 15.7. The molecule has 172 valence electrons. The maximum absolute atomic E-state index is 13.2. The zero-order chi connectivity index (χ0) is 23.2. The normalized spacial score (nSPS) is 18.7. The third-order valence-electron chi connectivity index (χ3n) is 6.04. The van der Waals surface area contributed by atoms with Crippen molar-refractivity contribution in [3.63, 3.8) is 0 Å². The lowest BCUT2D eigenvalue weighted by Gasteiger charge is -2.33. The first kappa shape index (κ1) is 21.4. The van der Waals surface area contributed by atoms with E-state index in [1.165, 1.54) is 11.3 Å². The molecular formula is C22H27N9OS. The number of H-pyrrole nitrogens is 1. The summed E-state index contributed by atoms with van der Waals surface area (Å²) >= 11 is 1.40. The third kappa shape index (κ3) is 3.92. The average molecular weight is 466 g/mol. The molecule has 0 spiro atoms. The molecule has 1 amide bonds. The number of nitrogens with one attached hydrogen (secondary N) is 3. The summed E-state index contributed by atoms with van der Waals surface area (Å²) in [6.07, 6.45) is 5.12. The summed E-state index contributed by atoms with van der Waals surface area (Å²) in [5.74, 6) is 1.69. The third-order valence-corrected chi connectivity index (χ3v) is 6.73. The summed E-state index contributed by atoms with van der Waals surface area (Å²) in [5, 5.41) is 20.9. The standard InChI is InChI=1S/C22H27N9OS/c1-21(2,3)15-13-16(28-27-15)24-17-14-7-5-11-31(14)29-19(25-17)30-10-6-8-22(30,4)18(32)26-20-23-9-12-33-20/h5,7,9,11-13H,6,8,10H2,1-4H3,(H,23,26,32)(H2,24,25,27,28,29)/t22-/m0/s1. The van der Waals surface area contributed by atoms with Crippen molar-refractivity contribution in [2.75, 3.05) is 22.1 Å². The van der Waals surface area contributed by atoms with Crippen LogP contribution in [-0.4, -0.2) is 47.8 Å². The van der Waals surface area contributed by atoms with Gasteiger partial charge in [0.15, 0.2) is 16.8 Å². The molecule has 1 atom stereocenters. The zero-order valence-corrected chi connectivity index (χ0v) is 19.9. The fraction of sp³-hybridized carbons (Fsp3) is 0.409. The minimum Gasteiger partial charge on any atom is -0.325 e. The van der Waals surface area contributed by atoms with Crippen LogP contribution in [0.1, 0.15) is 46.2 Å². The Morgan fingerprint density at radius 1 is 1.33 bits per heavy atom. The predicted octanol–water partition coefficient (Wildman–Crippen LogP) is 3.95. The van der Waals surface area contributed by atoms with Gasteiger partial charge in [-0.1, -0.05) is 20.8 Å². The molecule has 4 aromatic rings. The fourth-order valence-electron chi connectivity index (χ4n) is 4.06. The zero-order valence-electron chi connectivity index (χ0n) is 19.1. The molecule has 5 heterocycles. The molecule has 0 aromatic carbocycles. The van der Waals surface area contributed by atoms with Crippen molar-refractivity contribution >= 4 is 45.5 Å². The largest absolute Gasteiger partial charge is 0.325 e. The highest BCUT2D eigenvalue weighted by Gasteiger charge is 2.45. The highest BCUT2D eigenvalue weighted by atomic mass is 32.1. The number of hydrogen-bond acceptors (Lipinski definition) is 8. The molecule has 5 rings (SSSR count). The van der Waals surface area contributed by atoms with E-state index in [1.807, 2.05) is 41.6 Å². The van der Waals surface area contributed by atoms with Crippen molar-refractivity contribution in [1.82, 2.24) is 29.8 Å². The van der Waals surface area contributed by atoms with E-state index in [9.17, 15) is 4.79 Å². The predicted molar refractivity (Wildman–Crippen MR) is 129 cm³/mol. The van der Waals surface area contributed by atoms with Gasteiger partial charge in [-0.15, -0.1) is 16.4 Å². The van der Waals surface area contributed by atoms with Gasteiger partial charge in [-0.3, -0.25) is 15.2 Å². The van der Waals surface area contributed by atoms with Gasteiger partial charge in [0.1, 0.15) is 11.1 Å². The molecule has 4 aromatic heterocycles. The van der Waals surface area contributed by atoms with Crippen LogP contribution in [0.5, 0.6) is 0 Å². The molecule has 0 unspecified atom stereocenters. The van der Waals surface area contributed by atoms with Gasteiger partial charge in [0.05, 0.1) is 0 Å². The number of nitrogens with zero attached hydrogens (tertiary/aromatic N) is 6. The van der Waals surface area contributed by atoms with Crippen LogP contribution in [0.4, 0.5) is 22.7 Å². The van der Waals surface area contributed by atoms with Crippen molar-refractivity contribution in [2.45, 2.75) is 51.5 Å². The lowest BCUT2D eigenvalue weighted by Crippen LogP contribution is -2.51. The van der Waals surface area contributed by atoms with Gasteiger partial charge in [-0.2, -0.15) is 10.1 Å². The van der Waals surface area contributed by atoms with E-state index in [0.29, 0.717) is 35.7 Å². The van der Waals surface area contributed by atoms with Crippen LogP contribution in [0.25, 0.3) is 5.52 Å². The molecule has 0 aliphatic carbocycles. The number of carbonyl (C=O) groups excluding carboxylic acids is 1. The summed E-state index contributed by atoms with van der Waals surface area (Å²) in [6, 6.07) is 5.85. The van der Waals surface area contributed by atoms with Gasteiger partial charge < -0.3 is 10.2 Å². The number of amides is 1. The number of carbonyl (C=O) groups is 1. The van der Waals surface area contributed by atoms with Gasteiger partial charge in [-0.25, -0.2) is 9.50 Å². The molecule has 0 saturated carbocycles. The molecule has 33 heavy (non-hydrogen) atoms. The Labute approximate surface area is 195 Å². The second-order valence-corrected chi connectivity index (χ2v) is 10.4. The van der Waals surface area contributed by atoms with Crippen LogP contribution >= 0.6 is 11.3 Å². The van der Waals surface area contributed by atoms with Crippen molar-refractivity contribution in [1.29, 1.82) is 0 Å². The number of anilines is 4. The van der Waals surface area contributed by atoms with Crippen molar-refractivity contribution in [3.8, 4) is 0 Å². The maximum Gasteiger partial charge on any atom is 0.251 e. The Morgan fingerprint density at radius 2 is 2.18 bits per heavy atom. The Bertz CT molecular complexity index is 1290. The number of fused-ring (bicyclic) bond motifs is 1. The fourth-order valence-corrected chi connectivity index (χ4v) is 4.58. The summed E-state index contributed by atoms with van der Waals surface area (Å²) in [7, 11) is 0. The number of aromatic nitrogens is 6. The van der Waals surface area contributed by atoms with E-state index in [-0.39, 0.29) is 11.3 Å². The van der Waals surface area contributed by atoms with E-state index in [4.69, 9.17) is 10.1 Å². The van der Waals surface area contributed by atoms with Crippen LogP contribution in [0.2, 0.25) is 0 Å². The van der Waals surface area contributed by atoms with Crippen LogP contribution in [0, 0.1) is 0 Å². The summed E-state index contributed by atoms with van der Waals surface area (Å²) in [5.41, 5.74) is 1.02. The molecule has 1 saturated heterocycles. The van der Waals surface area contributed by atoms with Crippen LogP contribution in [0.15, 0.2) is 36.0 Å². The first-order valence-corrected chi connectivity index (χ1v) is 11.8. The Morgan fingerprint density at radius 3 is 2.91 bits per heavy atom. The monoisotopic (exact) mass is 465 g/mol. The van der Waals surface area contributed by atoms with Gasteiger partial charge in [-0.05, 0) is 31.9 Å². The molecule has 3 N–H and O–H groups in total. The first-order valence-electron chi connectivity index (χ1n) is 10.9. The van der Waals surface area contributed by atoms with Crippen LogP contribution < -0.4 is 15.5 Å². The number of rotatable bonds is 5. The molecule has 1 fully saturated rings. The van der Waals surface area contributed by atoms with E-state index in [2.05, 4.69) is 46.6 Å². The van der Waals surface area contributed by atoms with Crippen LogP contribution in [-0.2, 0) is 10.2 Å².